The van der Waals surface area contributed by atoms with E-state index in [9.17, 15) is 13.6 Å². The Hall–Kier alpha value is -2.53. The first-order chi connectivity index (χ1) is 15.8. The molecule has 1 saturated heterocycles. The first kappa shape index (κ1) is 22.3. The van der Waals surface area contributed by atoms with Crippen molar-refractivity contribution >= 4 is 12.0 Å². The zero-order valence-electron chi connectivity index (χ0n) is 19.4. The molecule has 2 aliphatic carbocycles. The first-order valence-electron chi connectivity index (χ1n) is 12.1. The summed E-state index contributed by atoms with van der Waals surface area (Å²) in [5, 5.41) is 2.92. The van der Waals surface area contributed by atoms with Gasteiger partial charge in [-0.15, -0.1) is 0 Å². The second-order valence-electron chi connectivity index (χ2n) is 10.5. The largest absolute Gasteiger partial charge is 0.352 e. The summed E-state index contributed by atoms with van der Waals surface area (Å²) in [7, 11) is 0. The molecule has 174 valence electrons. The number of benzene rings is 2. The van der Waals surface area contributed by atoms with Gasteiger partial charge in [-0.05, 0) is 67.0 Å². The van der Waals surface area contributed by atoms with Gasteiger partial charge in [0.1, 0.15) is 11.6 Å². The van der Waals surface area contributed by atoms with Crippen molar-refractivity contribution in [1.29, 1.82) is 0 Å². The molecule has 3 nitrogen and oxygen atoms in total. The van der Waals surface area contributed by atoms with E-state index in [1.165, 1.54) is 23.3 Å². The molecule has 1 aliphatic heterocycles. The number of likely N-dealkylation sites (tertiary alicyclic amines) is 1. The summed E-state index contributed by atoms with van der Waals surface area (Å²) in [5.41, 5.74) is 2.93. The average molecular weight is 451 g/mol. The van der Waals surface area contributed by atoms with Crippen molar-refractivity contribution in [2.45, 2.75) is 57.5 Å². The Balaban J connectivity index is 1.21. The number of carbonyl (C=O) groups is 1. The lowest BCUT2D eigenvalue weighted by Crippen LogP contribution is -2.50. The number of rotatable bonds is 4. The summed E-state index contributed by atoms with van der Waals surface area (Å²) in [6.45, 7) is 6.59. The molecular formula is C28H32F2N2O. The first-order valence-corrected chi connectivity index (χ1v) is 12.1. The van der Waals surface area contributed by atoms with Crippen molar-refractivity contribution in [2.24, 2.45) is 11.3 Å². The molecule has 2 aromatic rings. The lowest BCUT2D eigenvalue weighted by atomic mass is 9.68. The molecule has 0 radical (unpaired) electrons. The molecule has 5 rings (SSSR count). The number of allylic oxidation sites excluding steroid dienone is 1. The van der Waals surface area contributed by atoms with Crippen molar-refractivity contribution < 1.29 is 13.6 Å². The van der Waals surface area contributed by atoms with E-state index < -0.39 is 17.0 Å². The predicted octanol–water partition coefficient (Wildman–Crippen LogP) is 5.45. The Labute approximate surface area is 194 Å². The third-order valence-corrected chi connectivity index (χ3v) is 8.38. The van der Waals surface area contributed by atoms with Gasteiger partial charge in [0, 0.05) is 36.0 Å². The zero-order valence-corrected chi connectivity index (χ0v) is 19.4. The SMILES string of the molecule is C[C@H]1CN(C2CCC(C)(C(=O)NCc3cc(F)cc(F)c3)C2)CC[C@@]12C=Cc1ccccc12. The molecule has 1 saturated carbocycles. The van der Waals surface area contributed by atoms with E-state index in [4.69, 9.17) is 0 Å². The van der Waals surface area contributed by atoms with Gasteiger partial charge in [-0.25, -0.2) is 8.78 Å². The highest BCUT2D eigenvalue weighted by atomic mass is 19.1. The molecule has 4 atom stereocenters. The van der Waals surface area contributed by atoms with Crippen LogP contribution in [0, 0.1) is 23.0 Å². The Morgan fingerprint density at radius 3 is 2.67 bits per heavy atom. The maximum atomic E-state index is 13.4. The molecule has 5 heteroatoms. The summed E-state index contributed by atoms with van der Waals surface area (Å²) in [6, 6.07) is 12.5. The molecule has 2 aromatic carbocycles. The van der Waals surface area contributed by atoms with Crippen molar-refractivity contribution in [2.75, 3.05) is 13.1 Å². The fourth-order valence-electron chi connectivity index (χ4n) is 6.39. The van der Waals surface area contributed by atoms with Crippen LogP contribution in [0.5, 0.6) is 0 Å². The molecular weight excluding hydrogens is 418 g/mol. The van der Waals surface area contributed by atoms with E-state index in [1.807, 2.05) is 6.92 Å². The topological polar surface area (TPSA) is 32.3 Å². The van der Waals surface area contributed by atoms with E-state index >= 15 is 0 Å². The van der Waals surface area contributed by atoms with E-state index in [-0.39, 0.29) is 17.9 Å². The highest BCUT2D eigenvalue weighted by molar-refractivity contribution is 5.82. The van der Waals surface area contributed by atoms with Crippen LogP contribution in [0.3, 0.4) is 0 Å². The number of piperidine rings is 1. The molecule has 1 amide bonds. The molecule has 1 heterocycles. The van der Waals surface area contributed by atoms with Crippen molar-refractivity contribution in [1.82, 2.24) is 10.2 Å². The van der Waals surface area contributed by atoms with E-state index in [2.05, 4.69) is 53.6 Å². The molecule has 3 aliphatic rings. The monoisotopic (exact) mass is 450 g/mol. The van der Waals surface area contributed by atoms with Gasteiger partial charge in [0.15, 0.2) is 0 Å². The lowest BCUT2D eigenvalue weighted by molar-refractivity contribution is -0.130. The number of halogens is 2. The standard InChI is InChI=1S/C28H32F2N2O/c1-19-18-32(12-11-28(19)10-7-21-5-3-4-6-25(21)28)24-8-9-27(2,16-24)26(33)31-17-20-13-22(29)15-23(30)14-20/h3-7,10,13-15,19,24H,8-9,11-12,16-18H2,1-2H3,(H,31,33)/t19-,24?,27?,28-/m0/s1. The second-order valence-corrected chi connectivity index (χ2v) is 10.5. The van der Waals surface area contributed by atoms with Crippen molar-refractivity contribution in [3.8, 4) is 0 Å². The molecule has 0 bridgehead atoms. The van der Waals surface area contributed by atoms with Gasteiger partial charge in [-0.3, -0.25) is 9.69 Å². The Morgan fingerprint density at radius 1 is 1.15 bits per heavy atom. The number of nitrogens with zero attached hydrogens (tertiary/aromatic N) is 1. The minimum absolute atomic E-state index is 0.0242. The van der Waals surface area contributed by atoms with E-state index in [0.717, 1.165) is 44.8 Å². The summed E-state index contributed by atoms with van der Waals surface area (Å²) >= 11 is 0. The average Bonchev–Trinajstić information content (AvgIpc) is 3.36. The number of carbonyl (C=O) groups excluding carboxylic acids is 1. The van der Waals surface area contributed by atoms with Crippen LogP contribution in [0.1, 0.15) is 56.2 Å². The minimum atomic E-state index is -0.622. The van der Waals surface area contributed by atoms with E-state index in [0.29, 0.717) is 17.5 Å². The molecule has 1 N–H and O–H groups in total. The summed E-state index contributed by atoms with van der Waals surface area (Å²) in [4.78, 5) is 15.6. The normalized spacial score (nSPS) is 31.2. The number of nitrogens with one attached hydrogen (secondary N) is 1. The van der Waals surface area contributed by atoms with Crippen LogP contribution in [0.25, 0.3) is 6.08 Å². The van der Waals surface area contributed by atoms with Crippen LogP contribution in [0.2, 0.25) is 0 Å². The number of fused-ring (bicyclic) bond motifs is 2. The fraction of sp³-hybridized carbons (Fsp3) is 0.464. The van der Waals surface area contributed by atoms with Gasteiger partial charge >= 0.3 is 0 Å². The van der Waals surface area contributed by atoms with Crippen LogP contribution in [-0.4, -0.2) is 29.9 Å². The van der Waals surface area contributed by atoms with Crippen LogP contribution < -0.4 is 5.32 Å². The van der Waals surface area contributed by atoms with Gasteiger partial charge in [-0.2, -0.15) is 0 Å². The summed E-state index contributed by atoms with van der Waals surface area (Å²) in [6.07, 6.45) is 8.46. The highest BCUT2D eigenvalue weighted by Gasteiger charge is 2.48. The van der Waals surface area contributed by atoms with Crippen molar-refractivity contribution in [3.05, 3.63) is 76.9 Å². The Kier molecular flexibility index (Phi) is 5.64. The van der Waals surface area contributed by atoms with Gasteiger partial charge in [-0.1, -0.05) is 50.3 Å². The van der Waals surface area contributed by atoms with Crippen LogP contribution >= 0.6 is 0 Å². The third kappa shape index (κ3) is 4.01. The maximum Gasteiger partial charge on any atom is 0.226 e. The molecule has 0 aromatic heterocycles. The highest BCUT2D eigenvalue weighted by Crippen LogP contribution is 2.49. The van der Waals surface area contributed by atoms with E-state index in [1.54, 1.807) is 0 Å². The molecule has 33 heavy (non-hydrogen) atoms. The van der Waals surface area contributed by atoms with Gasteiger partial charge in [0.05, 0.1) is 0 Å². The number of amides is 1. The molecule has 1 spiro atoms. The number of hydrogen-bond acceptors (Lipinski definition) is 2. The van der Waals surface area contributed by atoms with Gasteiger partial charge in [0.25, 0.3) is 0 Å². The third-order valence-electron chi connectivity index (χ3n) is 8.38. The Morgan fingerprint density at radius 2 is 1.91 bits per heavy atom. The lowest BCUT2D eigenvalue weighted by Gasteiger charge is -2.46. The van der Waals surface area contributed by atoms with Crippen LogP contribution in [0.15, 0.2) is 48.5 Å². The quantitative estimate of drug-likeness (QED) is 0.672. The zero-order chi connectivity index (χ0) is 23.2. The summed E-state index contributed by atoms with van der Waals surface area (Å²) < 4.78 is 26.9. The fourth-order valence-corrected chi connectivity index (χ4v) is 6.39. The predicted molar refractivity (Wildman–Crippen MR) is 126 cm³/mol. The minimum Gasteiger partial charge on any atom is -0.352 e. The van der Waals surface area contributed by atoms with Crippen LogP contribution in [-0.2, 0) is 16.8 Å². The van der Waals surface area contributed by atoms with Crippen LogP contribution in [0.4, 0.5) is 8.78 Å². The Bertz CT molecular complexity index is 1080. The van der Waals surface area contributed by atoms with Gasteiger partial charge in [0.2, 0.25) is 5.91 Å². The maximum absolute atomic E-state index is 13.4. The van der Waals surface area contributed by atoms with Gasteiger partial charge < -0.3 is 5.32 Å². The molecule has 2 unspecified atom stereocenters. The molecule has 2 fully saturated rings. The second kappa shape index (κ2) is 8.35. The summed E-state index contributed by atoms with van der Waals surface area (Å²) in [5.74, 6) is -0.759. The number of hydrogen-bond donors (Lipinski definition) is 1. The van der Waals surface area contributed by atoms with Crippen molar-refractivity contribution in [3.63, 3.8) is 0 Å². The smallest absolute Gasteiger partial charge is 0.226 e.